The summed E-state index contributed by atoms with van der Waals surface area (Å²) in [5, 5.41) is 6.61. The zero-order valence-electron chi connectivity index (χ0n) is 15.7. The highest BCUT2D eigenvalue weighted by Gasteiger charge is 2.15. The van der Waals surface area contributed by atoms with Gasteiger partial charge in [-0.25, -0.2) is 0 Å². The minimum atomic E-state index is -0.410. The van der Waals surface area contributed by atoms with E-state index in [1.165, 1.54) is 0 Å². The number of nitrogens with one attached hydrogen (secondary N) is 2. The van der Waals surface area contributed by atoms with E-state index < -0.39 is 5.91 Å². The summed E-state index contributed by atoms with van der Waals surface area (Å²) in [7, 11) is 0. The topological polar surface area (TPSA) is 54.3 Å². The van der Waals surface area contributed by atoms with Gasteiger partial charge >= 0.3 is 0 Å². The Morgan fingerprint density at radius 1 is 1.14 bits per heavy atom. The van der Waals surface area contributed by atoms with Crippen LogP contribution in [-0.4, -0.2) is 11.0 Å². The van der Waals surface area contributed by atoms with Crippen LogP contribution in [-0.2, 0) is 0 Å². The molecule has 1 heterocycles. The lowest BCUT2D eigenvalue weighted by Gasteiger charge is -2.16. The van der Waals surface area contributed by atoms with Gasteiger partial charge in [-0.15, -0.1) is 0 Å². The third kappa shape index (κ3) is 4.80. The fourth-order valence-corrected chi connectivity index (χ4v) is 3.23. The normalized spacial score (nSPS) is 11.7. The van der Waals surface area contributed by atoms with Gasteiger partial charge in [0.05, 0.1) is 0 Å². The van der Waals surface area contributed by atoms with Crippen molar-refractivity contribution in [1.82, 2.24) is 5.32 Å². The van der Waals surface area contributed by atoms with E-state index in [-0.39, 0.29) is 10.9 Å². The number of carbonyl (C=O) groups excluding carboxylic acids is 1. The molecular weight excluding hydrogens is 392 g/mol. The summed E-state index contributed by atoms with van der Waals surface area (Å²) in [4.78, 5) is 12.5. The van der Waals surface area contributed by atoms with Gasteiger partial charge in [0.1, 0.15) is 5.76 Å². The minimum Gasteiger partial charge on any atom is -0.451 e. The van der Waals surface area contributed by atoms with E-state index in [1.54, 1.807) is 24.3 Å². The summed E-state index contributed by atoms with van der Waals surface area (Å²) in [5.41, 5.74) is 2.85. The largest absolute Gasteiger partial charge is 0.451 e. The van der Waals surface area contributed by atoms with Gasteiger partial charge in [-0.05, 0) is 60.5 Å². The van der Waals surface area contributed by atoms with Crippen molar-refractivity contribution >= 4 is 40.5 Å². The van der Waals surface area contributed by atoms with E-state index in [0.29, 0.717) is 16.7 Å². The monoisotopic (exact) mass is 412 g/mol. The molecule has 0 aliphatic carbocycles. The van der Waals surface area contributed by atoms with Crippen molar-refractivity contribution in [1.29, 1.82) is 0 Å². The number of carbonyl (C=O) groups is 1. The van der Waals surface area contributed by atoms with Gasteiger partial charge in [0, 0.05) is 16.3 Å². The van der Waals surface area contributed by atoms with Crippen molar-refractivity contribution in [3.05, 3.63) is 77.0 Å². The molecule has 2 aromatic carbocycles. The molecule has 0 radical (unpaired) electrons. The molecule has 1 aromatic heterocycles. The van der Waals surface area contributed by atoms with Gasteiger partial charge in [0.2, 0.25) is 0 Å². The Hall–Kier alpha value is -2.63. The van der Waals surface area contributed by atoms with Crippen LogP contribution in [0.5, 0.6) is 0 Å². The molecule has 0 aliphatic rings. The molecule has 2 N–H and O–H groups in total. The number of hydrogen-bond acceptors (Lipinski definition) is 3. The van der Waals surface area contributed by atoms with E-state index in [9.17, 15) is 4.79 Å². The van der Waals surface area contributed by atoms with Crippen LogP contribution in [0.2, 0.25) is 5.02 Å². The molecule has 6 heteroatoms. The SMILES string of the molecule is CC[C@@H](C)c1ccccc1NC(=S)NC(=O)c1ccc(-c2cccc(Cl)c2)o1. The third-order valence-electron chi connectivity index (χ3n) is 4.52. The summed E-state index contributed by atoms with van der Waals surface area (Å²) in [5.74, 6) is 0.710. The zero-order valence-corrected chi connectivity index (χ0v) is 17.2. The maximum Gasteiger partial charge on any atom is 0.293 e. The predicted octanol–water partition coefficient (Wildman–Crippen LogP) is 6.24. The average Bonchev–Trinajstić information content (AvgIpc) is 3.18. The van der Waals surface area contributed by atoms with Crippen LogP contribution in [0.4, 0.5) is 5.69 Å². The molecule has 28 heavy (non-hydrogen) atoms. The average molecular weight is 413 g/mol. The second-order valence-electron chi connectivity index (χ2n) is 6.48. The molecule has 1 atom stereocenters. The highest BCUT2D eigenvalue weighted by molar-refractivity contribution is 7.80. The number of furan rings is 1. The lowest BCUT2D eigenvalue weighted by molar-refractivity contribution is 0.0951. The van der Waals surface area contributed by atoms with Crippen LogP contribution < -0.4 is 10.6 Å². The van der Waals surface area contributed by atoms with Gasteiger partial charge in [-0.2, -0.15) is 0 Å². The van der Waals surface area contributed by atoms with Crippen molar-refractivity contribution in [2.75, 3.05) is 5.32 Å². The molecule has 0 fully saturated rings. The lowest BCUT2D eigenvalue weighted by atomic mass is 9.97. The summed E-state index contributed by atoms with van der Waals surface area (Å²) < 4.78 is 5.66. The number of amides is 1. The van der Waals surface area contributed by atoms with Crippen molar-refractivity contribution in [3.63, 3.8) is 0 Å². The van der Waals surface area contributed by atoms with E-state index >= 15 is 0 Å². The third-order valence-corrected chi connectivity index (χ3v) is 4.96. The van der Waals surface area contributed by atoms with Crippen LogP contribution in [0, 0.1) is 0 Å². The Labute approximate surface area is 174 Å². The van der Waals surface area contributed by atoms with Crippen molar-refractivity contribution in [2.24, 2.45) is 0 Å². The summed E-state index contributed by atoms with van der Waals surface area (Å²) in [6, 6.07) is 18.5. The first kappa shape index (κ1) is 20.1. The van der Waals surface area contributed by atoms with Gasteiger partial charge in [0.15, 0.2) is 10.9 Å². The molecule has 0 aliphatic heterocycles. The molecule has 3 aromatic rings. The Morgan fingerprint density at radius 3 is 2.68 bits per heavy atom. The fourth-order valence-electron chi connectivity index (χ4n) is 2.84. The highest BCUT2D eigenvalue weighted by Crippen LogP contribution is 2.27. The maximum atomic E-state index is 12.5. The summed E-state index contributed by atoms with van der Waals surface area (Å²) in [6.45, 7) is 4.29. The molecule has 144 valence electrons. The summed E-state index contributed by atoms with van der Waals surface area (Å²) >= 11 is 11.3. The van der Waals surface area contributed by atoms with E-state index in [4.69, 9.17) is 28.2 Å². The van der Waals surface area contributed by atoms with Gasteiger partial charge in [-0.3, -0.25) is 10.1 Å². The van der Waals surface area contributed by atoms with Crippen molar-refractivity contribution in [2.45, 2.75) is 26.2 Å². The summed E-state index contributed by atoms with van der Waals surface area (Å²) in [6.07, 6.45) is 1.01. The van der Waals surface area contributed by atoms with Crippen LogP contribution in [0.15, 0.2) is 65.1 Å². The van der Waals surface area contributed by atoms with Gasteiger partial charge in [0.25, 0.3) is 5.91 Å². The standard InChI is InChI=1S/C22H21ClN2O2S/c1-3-14(2)17-9-4-5-10-18(17)24-22(28)25-21(26)20-12-11-19(27-20)15-7-6-8-16(23)13-15/h4-14H,3H2,1-2H3,(H2,24,25,26,28)/t14-/m1/s1. The van der Waals surface area contributed by atoms with E-state index in [1.807, 2.05) is 30.3 Å². The maximum absolute atomic E-state index is 12.5. The van der Waals surface area contributed by atoms with Crippen molar-refractivity contribution in [3.8, 4) is 11.3 Å². The number of thiocarbonyl (C=S) groups is 1. The second-order valence-corrected chi connectivity index (χ2v) is 7.32. The number of benzene rings is 2. The quantitative estimate of drug-likeness (QED) is 0.487. The van der Waals surface area contributed by atoms with Crippen LogP contribution >= 0.6 is 23.8 Å². The molecule has 4 nitrogen and oxygen atoms in total. The predicted molar refractivity (Wildman–Crippen MR) is 118 cm³/mol. The first-order chi connectivity index (χ1) is 13.5. The first-order valence-corrected chi connectivity index (χ1v) is 9.83. The van der Waals surface area contributed by atoms with Crippen LogP contribution in [0.3, 0.4) is 0 Å². The molecule has 0 bridgehead atoms. The molecule has 0 saturated heterocycles. The highest BCUT2D eigenvalue weighted by atomic mass is 35.5. The van der Waals surface area contributed by atoms with Gasteiger partial charge < -0.3 is 9.73 Å². The molecular formula is C22H21ClN2O2S. The first-order valence-electron chi connectivity index (χ1n) is 9.05. The van der Waals surface area contributed by atoms with Crippen LogP contribution in [0.1, 0.15) is 42.3 Å². The van der Waals surface area contributed by atoms with Gasteiger partial charge in [-0.1, -0.05) is 55.8 Å². The van der Waals surface area contributed by atoms with Crippen molar-refractivity contribution < 1.29 is 9.21 Å². The molecule has 0 unspecified atom stereocenters. The number of rotatable bonds is 5. The molecule has 0 saturated carbocycles. The number of para-hydroxylation sites is 1. The van der Waals surface area contributed by atoms with Crippen LogP contribution in [0.25, 0.3) is 11.3 Å². The number of halogens is 1. The Bertz CT molecular complexity index is 999. The molecule has 0 spiro atoms. The van der Waals surface area contributed by atoms with E-state index in [0.717, 1.165) is 23.2 Å². The lowest BCUT2D eigenvalue weighted by Crippen LogP contribution is -2.34. The fraction of sp³-hybridized carbons (Fsp3) is 0.182. The number of hydrogen-bond donors (Lipinski definition) is 2. The Balaban J connectivity index is 1.68. The Kier molecular flexibility index (Phi) is 6.49. The molecule has 3 rings (SSSR count). The minimum absolute atomic E-state index is 0.175. The smallest absolute Gasteiger partial charge is 0.293 e. The molecule has 1 amide bonds. The zero-order chi connectivity index (χ0) is 20.1. The second kappa shape index (κ2) is 9.04. The van der Waals surface area contributed by atoms with E-state index in [2.05, 4.69) is 30.5 Å². The number of anilines is 1. The Morgan fingerprint density at radius 2 is 1.93 bits per heavy atom.